The molecule has 0 unspecified atom stereocenters. The maximum absolute atomic E-state index is 5.22. The Balaban J connectivity index is 1.01. The van der Waals surface area contributed by atoms with E-state index in [-0.39, 0.29) is 0 Å². The number of rotatable bonds is 7. The van der Waals surface area contributed by atoms with Gasteiger partial charge < -0.3 is 9.13 Å². The summed E-state index contributed by atoms with van der Waals surface area (Å²) in [7, 11) is 0. The molecule has 3 heteroatoms. The molecule has 0 spiro atoms. The van der Waals surface area contributed by atoms with E-state index in [2.05, 4.69) is 246 Å². The summed E-state index contributed by atoms with van der Waals surface area (Å²) in [5.74, 6) is 0. The highest BCUT2D eigenvalue weighted by Crippen LogP contribution is 2.39. The topological polar surface area (TPSA) is 22.8 Å². The molecule has 0 fully saturated rings. The van der Waals surface area contributed by atoms with Gasteiger partial charge in [0.2, 0.25) is 0 Å². The smallest absolute Gasteiger partial charge is 0.0715 e. The second kappa shape index (κ2) is 14.8. The van der Waals surface area contributed by atoms with Crippen molar-refractivity contribution >= 4 is 43.6 Å². The van der Waals surface area contributed by atoms with Gasteiger partial charge in [-0.05, 0) is 88.0 Å². The lowest BCUT2D eigenvalue weighted by Crippen LogP contribution is -2.00. The molecule has 0 aliphatic rings. The fourth-order valence-corrected chi connectivity index (χ4v) is 9.34. The van der Waals surface area contributed by atoms with Crippen LogP contribution >= 0.6 is 0 Å². The Hall–Kier alpha value is -8.27. The molecule has 0 saturated carbocycles. The molecule has 0 N–H and O–H groups in total. The first-order chi connectivity index (χ1) is 30.7. The number of fused-ring (bicyclic) bond motifs is 6. The minimum absolute atomic E-state index is 0.944. The molecule has 290 valence electrons. The lowest BCUT2D eigenvalue weighted by molar-refractivity contribution is 1.13. The lowest BCUT2D eigenvalue weighted by atomic mass is 9.96. The van der Waals surface area contributed by atoms with Crippen molar-refractivity contribution in [2.45, 2.75) is 0 Å². The fraction of sp³-hybridized carbons (Fsp3) is 0. The summed E-state index contributed by atoms with van der Waals surface area (Å²) in [5.41, 5.74) is 18.0. The molecule has 0 bridgehead atoms. The zero-order valence-electron chi connectivity index (χ0n) is 33.9. The average molecular weight is 790 g/mol. The van der Waals surface area contributed by atoms with Crippen LogP contribution in [0.2, 0.25) is 0 Å². The number of hydrogen-bond acceptors (Lipinski definition) is 1. The molecule has 0 atom stereocenters. The molecule has 12 aromatic rings. The van der Waals surface area contributed by atoms with E-state index < -0.39 is 0 Å². The van der Waals surface area contributed by atoms with Gasteiger partial charge in [-0.15, -0.1) is 0 Å². The molecular formula is C59H39N3. The van der Waals surface area contributed by atoms with Crippen molar-refractivity contribution in [3.05, 3.63) is 237 Å². The van der Waals surface area contributed by atoms with Crippen molar-refractivity contribution < 1.29 is 0 Å². The molecule has 0 aliphatic carbocycles. The Morgan fingerprint density at radius 2 is 0.516 bits per heavy atom. The lowest BCUT2D eigenvalue weighted by Gasteiger charge is -2.16. The fourth-order valence-electron chi connectivity index (χ4n) is 9.34. The van der Waals surface area contributed by atoms with Gasteiger partial charge in [-0.2, -0.15) is 0 Å². The number of aromatic nitrogens is 3. The largest absolute Gasteiger partial charge is 0.309 e. The van der Waals surface area contributed by atoms with Gasteiger partial charge in [0, 0.05) is 44.0 Å². The Kier molecular flexibility index (Phi) is 8.50. The van der Waals surface area contributed by atoms with Crippen molar-refractivity contribution in [1.29, 1.82) is 0 Å². The van der Waals surface area contributed by atoms with E-state index in [0.717, 1.165) is 56.1 Å². The van der Waals surface area contributed by atoms with Crippen molar-refractivity contribution in [1.82, 2.24) is 14.1 Å². The van der Waals surface area contributed by atoms with Gasteiger partial charge in [-0.25, -0.2) is 4.98 Å². The number of pyridine rings is 1. The quantitative estimate of drug-likeness (QED) is 0.158. The third kappa shape index (κ3) is 6.10. The van der Waals surface area contributed by atoms with E-state index in [4.69, 9.17) is 4.98 Å². The van der Waals surface area contributed by atoms with Crippen LogP contribution in [-0.2, 0) is 0 Å². The Morgan fingerprint density at radius 1 is 0.226 bits per heavy atom. The van der Waals surface area contributed by atoms with Crippen molar-refractivity contribution in [3.63, 3.8) is 0 Å². The van der Waals surface area contributed by atoms with Gasteiger partial charge in [0.25, 0.3) is 0 Å². The SMILES string of the molecule is c1ccc(-c2ccc(-c3cc(-c4ccc(-c5cc(-n6c7ccccc7c7ccccc76)cc(-n6c7ccccc7c7ccccc76)c5)cc4)cc(-c4ccccc4)n3)cc2)cc1. The zero-order valence-corrected chi connectivity index (χ0v) is 33.9. The molecular weight excluding hydrogens is 751 g/mol. The van der Waals surface area contributed by atoms with E-state index in [1.54, 1.807) is 0 Å². The zero-order chi connectivity index (χ0) is 41.0. The Labute approximate surface area is 360 Å². The van der Waals surface area contributed by atoms with Crippen LogP contribution in [0, 0.1) is 0 Å². The van der Waals surface area contributed by atoms with Crippen LogP contribution < -0.4 is 0 Å². The number of hydrogen-bond donors (Lipinski definition) is 0. The average Bonchev–Trinajstić information content (AvgIpc) is 3.88. The standard InChI is InChI=1S/C59H39N3/c1-3-15-40(16-4-1)41-31-33-45(34-32-41)55-38-47(37-54(60-55)44-17-5-2-6-18-44)43-29-27-42(28-30-43)46-35-48(61-56-23-11-7-19-50(56)51-20-8-12-24-57(51)61)39-49(36-46)62-58-25-13-9-21-52(58)53-22-10-14-26-59(53)62/h1-39H. The number of nitrogens with zero attached hydrogens (tertiary/aromatic N) is 3. The summed E-state index contributed by atoms with van der Waals surface area (Å²) >= 11 is 0. The highest BCUT2D eigenvalue weighted by Gasteiger charge is 2.18. The number of para-hydroxylation sites is 4. The van der Waals surface area contributed by atoms with E-state index >= 15 is 0 Å². The van der Waals surface area contributed by atoms with E-state index in [0.29, 0.717) is 0 Å². The summed E-state index contributed by atoms with van der Waals surface area (Å²) in [6, 6.07) is 85.3. The monoisotopic (exact) mass is 789 g/mol. The Bertz CT molecular complexity index is 3360. The second-order valence-electron chi connectivity index (χ2n) is 16.0. The summed E-state index contributed by atoms with van der Waals surface area (Å²) in [6.45, 7) is 0. The van der Waals surface area contributed by atoms with Crippen LogP contribution in [0.5, 0.6) is 0 Å². The third-order valence-electron chi connectivity index (χ3n) is 12.3. The molecule has 0 radical (unpaired) electrons. The van der Waals surface area contributed by atoms with Crippen LogP contribution in [0.1, 0.15) is 0 Å². The van der Waals surface area contributed by atoms with Crippen LogP contribution in [0.25, 0.3) is 111 Å². The van der Waals surface area contributed by atoms with Crippen LogP contribution in [0.15, 0.2) is 237 Å². The minimum atomic E-state index is 0.944. The predicted molar refractivity (Wildman–Crippen MR) is 260 cm³/mol. The van der Waals surface area contributed by atoms with Crippen molar-refractivity contribution in [2.75, 3.05) is 0 Å². The minimum Gasteiger partial charge on any atom is -0.309 e. The van der Waals surface area contributed by atoms with E-state index in [1.807, 2.05) is 0 Å². The van der Waals surface area contributed by atoms with Gasteiger partial charge in [0.05, 0.1) is 33.5 Å². The molecule has 12 rings (SSSR count). The second-order valence-corrected chi connectivity index (χ2v) is 16.0. The third-order valence-corrected chi connectivity index (χ3v) is 12.3. The molecule has 3 nitrogen and oxygen atoms in total. The highest BCUT2D eigenvalue weighted by molar-refractivity contribution is 6.10. The molecule has 3 heterocycles. The normalized spacial score (nSPS) is 11.5. The Morgan fingerprint density at radius 3 is 0.935 bits per heavy atom. The highest BCUT2D eigenvalue weighted by atomic mass is 15.0. The van der Waals surface area contributed by atoms with E-state index in [1.165, 1.54) is 54.7 Å². The summed E-state index contributed by atoms with van der Waals surface area (Å²) in [4.78, 5) is 5.22. The summed E-state index contributed by atoms with van der Waals surface area (Å²) in [5, 5.41) is 4.98. The van der Waals surface area contributed by atoms with Crippen molar-refractivity contribution in [2.24, 2.45) is 0 Å². The first-order valence-corrected chi connectivity index (χ1v) is 21.2. The molecule has 0 aliphatic heterocycles. The van der Waals surface area contributed by atoms with Crippen molar-refractivity contribution in [3.8, 4) is 67.3 Å². The maximum Gasteiger partial charge on any atom is 0.0715 e. The number of benzene rings is 9. The maximum atomic E-state index is 5.22. The molecule has 9 aromatic carbocycles. The van der Waals surface area contributed by atoms with Crippen LogP contribution in [0.4, 0.5) is 0 Å². The summed E-state index contributed by atoms with van der Waals surface area (Å²) < 4.78 is 4.85. The molecule has 62 heavy (non-hydrogen) atoms. The van der Waals surface area contributed by atoms with Gasteiger partial charge >= 0.3 is 0 Å². The molecule has 0 amide bonds. The van der Waals surface area contributed by atoms with Gasteiger partial charge in [0.1, 0.15) is 0 Å². The first-order valence-electron chi connectivity index (χ1n) is 21.2. The summed E-state index contributed by atoms with van der Waals surface area (Å²) in [6.07, 6.45) is 0. The van der Waals surface area contributed by atoms with E-state index in [9.17, 15) is 0 Å². The molecule has 3 aromatic heterocycles. The van der Waals surface area contributed by atoms with Crippen LogP contribution in [-0.4, -0.2) is 14.1 Å². The molecule has 0 saturated heterocycles. The van der Waals surface area contributed by atoms with Gasteiger partial charge in [-0.3, -0.25) is 0 Å². The predicted octanol–water partition coefficient (Wildman–Crippen LogP) is 15.6. The van der Waals surface area contributed by atoms with Gasteiger partial charge in [-0.1, -0.05) is 182 Å². The first kappa shape index (κ1) is 35.7. The van der Waals surface area contributed by atoms with Crippen LogP contribution in [0.3, 0.4) is 0 Å². The van der Waals surface area contributed by atoms with Gasteiger partial charge in [0.15, 0.2) is 0 Å².